The van der Waals surface area contributed by atoms with Gasteiger partial charge in [0.05, 0.1) is 0 Å². The molecule has 0 N–H and O–H groups in total. The Kier molecular flexibility index (Phi) is 36.0. The van der Waals surface area contributed by atoms with Crippen LogP contribution in [-0.2, 0) is 21.7 Å². The summed E-state index contributed by atoms with van der Waals surface area (Å²) in [6.07, 6.45) is 12.4. The van der Waals surface area contributed by atoms with Crippen LogP contribution in [0, 0.1) is 21.7 Å². The molecule has 0 aromatic carbocycles. The van der Waals surface area contributed by atoms with E-state index in [1.165, 1.54) is 0 Å². The second-order valence-corrected chi connectivity index (χ2v) is 10.8. The van der Waals surface area contributed by atoms with Crippen molar-refractivity contribution in [1.82, 2.24) is 0 Å². The molecule has 0 amide bonds. The Morgan fingerprint density at radius 1 is 0.270 bits per heavy atom. The Balaban J connectivity index is -0.000000122. The van der Waals surface area contributed by atoms with Crippen LogP contribution in [0.5, 0.6) is 0 Å². The third kappa shape index (κ3) is 18.5. The van der Waals surface area contributed by atoms with Crippen LogP contribution in [0.2, 0.25) is 0 Å². The molecule has 0 aromatic rings. The van der Waals surface area contributed by atoms with Crippen molar-refractivity contribution in [2.24, 2.45) is 21.7 Å². The molecule has 37 heavy (non-hydrogen) atoms. The predicted octanol–water partition coefficient (Wildman–Crippen LogP) is 6.25. The van der Waals surface area contributed by atoms with Crippen LogP contribution in [0.1, 0.15) is 160 Å². The van der Waals surface area contributed by atoms with Crippen molar-refractivity contribution in [3.05, 3.63) is 0 Å². The van der Waals surface area contributed by atoms with Crippen molar-refractivity contribution >= 4 is 0 Å². The van der Waals surface area contributed by atoms with Crippen molar-refractivity contribution in [1.29, 1.82) is 0 Å². The summed E-state index contributed by atoms with van der Waals surface area (Å²) in [7, 11) is 0. The molecule has 0 saturated carbocycles. The van der Waals surface area contributed by atoms with E-state index in [9.17, 15) is 20.4 Å². The number of rotatable bonds is 16. The average Bonchev–Trinajstić information content (AvgIpc) is 2.96. The van der Waals surface area contributed by atoms with E-state index in [1.807, 2.05) is 0 Å². The summed E-state index contributed by atoms with van der Waals surface area (Å²) in [4.78, 5) is 0. The standard InChI is InChI=1S/4C8H17O.Ti/c4*1-4-8(5-2,6-3)7-9;/h4*4-7H2,1-3H3;/q4*-1;+4. The van der Waals surface area contributed by atoms with Crippen LogP contribution in [0.4, 0.5) is 0 Å². The van der Waals surface area contributed by atoms with Gasteiger partial charge in [-0.1, -0.05) is 160 Å². The van der Waals surface area contributed by atoms with Gasteiger partial charge in [0, 0.05) is 0 Å². The Bertz CT molecular complexity index is 276. The third-order valence-electron chi connectivity index (χ3n) is 10.2. The molecule has 0 bridgehead atoms. The fourth-order valence-electron chi connectivity index (χ4n) is 4.22. The van der Waals surface area contributed by atoms with E-state index in [1.54, 1.807) is 0 Å². The summed E-state index contributed by atoms with van der Waals surface area (Å²) in [6.45, 7) is 25.6. The molecule has 0 atom stereocenters. The van der Waals surface area contributed by atoms with Crippen molar-refractivity contribution in [3.8, 4) is 0 Å². The largest absolute Gasteiger partial charge is 4.00 e. The molecule has 0 aliphatic rings. The van der Waals surface area contributed by atoms with E-state index >= 15 is 0 Å². The monoisotopic (exact) mass is 564 g/mol. The van der Waals surface area contributed by atoms with E-state index in [2.05, 4.69) is 83.1 Å². The Labute approximate surface area is 249 Å². The summed E-state index contributed by atoms with van der Waals surface area (Å²) in [5.74, 6) is 0. The van der Waals surface area contributed by atoms with E-state index < -0.39 is 0 Å². The van der Waals surface area contributed by atoms with Crippen LogP contribution in [0.15, 0.2) is 0 Å². The van der Waals surface area contributed by atoms with Gasteiger partial charge in [0.15, 0.2) is 0 Å². The van der Waals surface area contributed by atoms with Crippen molar-refractivity contribution in [2.45, 2.75) is 160 Å². The molecule has 0 unspecified atom stereocenters. The first-order valence-electron chi connectivity index (χ1n) is 15.3. The molecule has 0 fully saturated rings. The second-order valence-electron chi connectivity index (χ2n) is 10.8. The minimum absolute atomic E-state index is 0. The molecule has 0 saturated heterocycles. The van der Waals surface area contributed by atoms with Gasteiger partial charge in [0.25, 0.3) is 0 Å². The maximum absolute atomic E-state index is 10.6. The first kappa shape index (κ1) is 47.3. The fourth-order valence-corrected chi connectivity index (χ4v) is 4.22. The first-order chi connectivity index (χ1) is 17.0. The van der Waals surface area contributed by atoms with Gasteiger partial charge in [-0.05, 0) is 21.7 Å². The third-order valence-corrected chi connectivity index (χ3v) is 10.2. The molecule has 224 valence electrons. The van der Waals surface area contributed by atoms with Crippen LogP contribution in [-0.4, -0.2) is 26.4 Å². The van der Waals surface area contributed by atoms with E-state index in [4.69, 9.17) is 0 Å². The van der Waals surface area contributed by atoms with Gasteiger partial charge in [-0.25, -0.2) is 0 Å². The SMILES string of the molecule is CCC(CC)(CC)C[O-].CCC(CC)(CC)C[O-].CCC(CC)(CC)C[O-].CCC(CC)(CC)C[O-].[Ti+4]. The minimum Gasteiger partial charge on any atom is -0.854 e. The molecular weight excluding hydrogens is 496 g/mol. The van der Waals surface area contributed by atoms with Crippen LogP contribution in [0.3, 0.4) is 0 Å². The van der Waals surface area contributed by atoms with Gasteiger partial charge in [-0.3, -0.25) is 0 Å². The van der Waals surface area contributed by atoms with Gasteiger partial charge in [0.2, 0.25) is 0 Å². The van der Waals surface area contributed by atoms with Crippen LogP contribution in [0.25, 0.3) is 0 Å². The van der Waals surface area contributed by atoms with E-state index in [-0.39, 0.29) is 69.8 Å². The van der Waals surface area contributed by atoms with Crippen LogP contribution < -0.4 is 20.4 Å². The van der Waals surface area contributed by atoms with Gasteiger partial charge in [0.1, 0.15) is 0 Å². The smallest absolute Gasteiger partial charge is 0.854 e. The van der Waals surface area contributed by atoms with Gasteiger partial charge in [-0.15, -0.1) is 26.4 Å². The summed E-state index contributed by atoms with van der Waals surface area (Å²) >= 11 is 0. The summed E-state index contributed by atoms with van der Waals surface area (Å²) in [5, 5.41) is 42.6. The quantitative estimate of drug-likeness (QED) is 0.207. The summed E-state index contributed by atoms with van der Waals surface area (Å²) in [5.41, 5.74) is 0.444. The number of hydrogen-bond acceptors (Lipinski definition) is 4. The Morgan fingerprint density at radius 3 is 0.351 bits per heavy atom. The zero-order chi connectivity index (χ0) is 29.3. The van der Waals surface area contributed by atoms with Gasteiger partial charge >= 0.3 is 21.7 Å². The molecule has 0 aliphatic heterocycles. The topological polar surface area (TPSA) is 92.2 Å². The molecule has 5 heteroatoms. The minimum atomic E-state index is 0. The molecule has 0 aliphatic carbocycles. The summed E-state index contributed by atoms with van der Waals surface area (Å²) in [6, 6.07) is 0. The molecule has 0 heterocycles. The van der Waals surface area contributed by atoms with Crippen molar-refractivity contribution in [2.75, 3.05) is 26.4 Å². The molecule has 4 nitrogen and oxygen atoms in total. The van der Waals surface area contributed by atoms with Crippen molar-refractivity contribution in [3.63, 3.8) is 0 Å². The van der Waals surface area contributed by atoms with Crippen molar-refractivity contribution < 1.29 is 42.1 Å². The molecule has 0 radical (unpaired) electrons. The molecule has 0 aromatic heterocycles. The average molecular weight is 565 g/mol. The van der Waals surface area contributed by atoms with Gasteiger partial charge in [-0.2, -0.15) is 0 Å². The maximum atomic E-state index is 10.6. The first-order valence-corrected chi connectivity index (χ1v) is 15.3. The normalized spacial score (nSPS) is 11.7. The molecular formula is C32H68O4Ti. The summed E-state index contributed by atoms with van der Waals surface area (Å²) < 4.78 is 0. The molecule has 0 rings (SSSR count). The Hall–Kier alpha value is 0.554. The second kappa shape index (κ2) is 28.1. The van der Waals surface area contributed by atoms with Gasteiger partial charge < -0.3 is 20.4 Å². The fraction of sp³-hybridized carbons (Fsp3) is 1.00. The predicted molar refractivity (Wildman–Crippen MR) is 153 cm³/mol. The Morgan fingerprint density at radius 2 is 0.351 bits per heavy atom. The molecule has 0 spiro atoms. The van der Waals surface area contributed by atoms with E-state index in [0.717, 1.165) is 77.0 Å². The van der Waals surface area contributed by atoms with Crippen LogP contribution >= 0.6 is 0 Å². The zero-order valence-corrected chi connectivity index (χ0v) is 29.0. The maximum Gasteiger partial charge on any atom is 4.00 e. The van der Waals surface area contributed by atoms with E-state index in [0.29, 0.717) is 0 Å². The number of hydrogen-bond donors (Lipinski definition) is 0. The zero-order valence-electron chi connectivity index (χ0n) is 27.4.